The molecule has 1 heterocycles. The van der Waals surface area contributed by atoms with E-state index >= 15 is 0 Å². The van der Waals surface area contributed by atoms with Crippen molar-refractivity contribution in [1.29, 1.82) is 0 Å². The number of esters is 1. The third kappa shape index (κ3) is 5.51. The van der Waals surface area contributed by atoms with E-state index in [2.05, 4.69) is 5.32 Å². The van der Waals surface area contributed by atoms with E-state index in [0.717, 1.165) is 16.0 Å². The van der Waals surface area contributed by atoms with Crippen LogP contribution < -0.4 is 5.32 Å². The monoisotopic (exact) mass is 437 g/mol. The topological polar surface area (TPSA) is 96.0 Å². The molecule has 3 rings (SSSR count). The van der Waals surface area contributed by atoms with Gasteiger partial charge in [0.1, 0.15) is 12.1 Å². The van der Waals surface area contributed by atoms with Gasteiger partial charge in [-0.2, -0.15) is 0 Å². The van der Waals surface area contributed by atoms with Crippen LogP contribution in [-0.2, 0) is 32.2 Å². The molecular weight excluding hydrogens is 410 g/mol. The molecule has 1 fully saturated rings. The zero-order chi connectivity index (χ0) is 23.3. The van der Waals surface area contributed by atoms with Crippen molar-refractivity contribution in [2.45, 2.75) is 45.5 Å². The number of ether oxygens (including phenoxy) is 1. The molecule has 0 aliphatic carbocycles. The average molecular weight is 437 g/mol. The second kappa shape index (κ2) is 9.64. The molecule has 2 aromatic carbocycles. The SMILES string of the molecule is CC(OC(=O)CN1C(=O)NC(C)(C)C1=O)C(=O)N(Cc1ccccc1)Cc1ccccc1. The Morgan fingerprint density at radius 3 is 1.91 bits per heavy atom. The van der Waals surface area contributed by atoms with Crippen LogP contribution in [0.4, 0.5) is 4.79 Å². The van der Waals surface area contributed by atoms with Gasteiger partial charge >= 0.3 is 12.0 Å². The van der Waals surface area contributed by atoms with Crippen molar-refractivity contribution < 1.29 is 23.9 Å². The molecule has 0 spiro atoms. The maximum atomic E-state index is 13.1. The predicted molar refractivity (Wildman–Crippen MR) is 117 cm³/mol. The van der Waals surface area contributed by atoms with Crippen molar-refractivity contribution in [2.24, 2.45) is 0 Å². The minimum atomic E-state index is -1.08. The first-order valence-electron chi connectivity index (χ1n) is 10.4. The maximum Gasteiger partial charge on any atom is 0.327 e. The number of urea groups is 1. The van der Waals surface area contributed by atoms with E-state index in [9.17, 15) is 19.2 Å². The maximum absolute atomic E-state index is 13.1. The Bertz CT molecular complexity index is 950. The van der Waals surface area contributed by atoms with E-state index in [1.54, 1.807) is 18.7 Å². The lowest BCUT2D eigenvalue weighted by atomic mass is 10.1. The summed E-state index contributed by atoms with van der Waals surface area (Å²) >= 11 is 0. The van der Waals surface area contributed by atoms with Crippen LogP contribution in [0.2, 0.25) is 0 Å². The quantitative estimate of drug-likeness (QED) is 0.506. The van der Waals surface area contributed by atoms with Crippen molar-refractivity contribution in [3.05, 3.63) is 71.8 Å². The fourth-order valence-electron chi connectivity index (χ4n) is 3.45. The zero-order valence-corrected chi connectivity index (χ0v) is 18.4. The van der Waals surface area contributed by atoms with Crippen LogP contribution in [0.5, 0.6) is 0 Å². The molecule has 0 bridgehead atoms. The largest absolute Gasteiger partial charge is 0.451 e. The molecule has 0 saturated carbocycles. The minimum Gasteiger partial charge on any atom is -0.451 e. The molecule has 0 aromatic heterocycles. The fraction of sp³-hybridized carbons (Fsp3) is 0.333. The lowest BCUT2D eigenvalue weighted by Gasteiger charge is -2.26. The fourth-order valence-corrected chi connectivity index (χ4v) is 3.45. The highest BCUT2D eigenvalue weighted by Gasteiger charge is 2.45. The summed E-state index contributed by atoms with van der Waals surface area (Å²) in [5.41, 5.74) is 0.801. The Hall–Kier alpha value is -3.68. The summed E-state index contributed by atoms with van der Waals surface area (Å²) in [7, 11) is 0. The third-order valence-corrected chi connectivity index (χ3v) is 5.13. The number of carbonyl (C=O) groups is 4. The lowest BCUT2D eigenvalue weighted by Crippen LogP contribution is -2.43. The lowest BCUT2D eigenvalue weighted by molar-refractivity contribution is -0.161. The number of benzene rings is 2. The summed E-state index contributed by atoms with van der Waals surface area (Å²) < 4.78 is 5.29. The first kappa shape index (κ1) is 23.0. The van der Waals surface area contributed by atoms with Gasteiger partial charge in [0.05, 0.1) is 0 Å². The Morgan fingerprint density at radius 1 is 0.969 bits per heavy atom. The molecular formula is C24H27N3O5. The van der Waals surface area contributed by atoms with Gasteiger partial charge in [-0.1, -0.05) is 60.7 Å². The van der Waals surface area contributed by atoms with Crippen molar-refractivity contribution >= 4 is 23.8 Å². The van der Waals surface area contributed by atoms with E-state index < -0.39 is 36.1 Å². The van der Waals surface area contributed by atoms with Crippen LogP contribution in [0.1, 0.15) is 31.9 Å². The molecule has 1 unspecified atom stereocenters. The summed E-state index contributed by atoms with van der Waals surface area (Å²) in [6, 6.07) is 18.4. The van der Waals surface area contributed by atoms with Gasteiger partial charge < -0.3 is 15.0 Å². The van der Waals surface area contributed by atoms with Crippen molar-refractivity contribution in [1.82, 2.24) is 15.1 Å². The van der Waals surface area contributed by atoms with E-state index in [-0.39, 0.29) is 5.91 Å². The number of imide groups is 1. The summed E-state index contributed by atoms with van der Waals surface area (Å²) in [6.45, 7) is 4.73. The van der Waals surface area contributed by atoms with Crippen LogP contribution in [-0.4, -0.2) is 51.8 Å². The van der Waals surface area contributed by atoms with Crippen LogP contribution in [0.3, 0.4) is 0 Å². The van der Waals surface area contributed by atoms with Gasteiger partial charge in [-0.25, -0.2) is 4.79 Å². The van der Waals surface area contributed by atoms with Crippen LogP contribution in [0.25, 0.3) is 0 Å². The first-order valence-corrected chi connectivity index (χ1v) is 10.4. The van der Waals surface area contributed by atoms with Gasteiger partial charge in [-0.05, 0) is 31.9 Å². The zero-order valence-electron chi connectivity index (χ0n) is 18.4. The number of nitrogens with one attached hydrogen (secondary N) is 1. The molecule has 1 saturated heterocycles. The Morgan fingerprint density at radius 2 is 1.47 bits per heavy atom. The average Bonchev–Trinajstić information content (AvgIpc) is 2.95. The molecule has 168 valence electrons. The van der Waals surface area contributed by atoms with E-state index in [1.165, 1.54) is 6.92 Å². The highest BCUT2D eigenvalue weighted by atomic mass is 16.5. The smallest absolute Gasteiger partial charge is 0.327 e. The van der Waals surface area contributed by atoms with Gasteiger partial charge in [0, 0.05) is 13.1 Å². The van der Waals surface area contributed by atoms with Gasteiger partial charge in [0.2, 0.25) is 0 Å². The van der Waals surface area contributed by atoms with Crippen molar-refractivity contribution in [2.75, 3.05) is 6.54 Å². The summed E-state index contributed by atoms with van der Waals surface area (Å²) in [6.07, 6.45) is -1.08. The Labute approximate surface area is 187 Å². The Balaban J connectivity index is 1.67. The summed E-state index contributed by atoms with van der Waals surface area (Å²) in [5.74, 6) is -1.72. The van der Waals surface area contributed by atoms with Gasteiger partial charge in [-0.3, -0.25) is 19.3 Å². The predicted octanol–water partition coefficient (Wildman–Crippen LogP) is 2.48. The number of carbonyl (C=O) groups excluding carboxylic acids is 4. The van der Waals surface area contributed by atoms with Crippen LogP contribution in [0.15, 0.2) is 60.7 Å². The number of nitrogens with zero attached hydrogens (tertiary/aromatic N) is 2. The molecule has 2 aromatic rings. The van der Waals surface area contributed by atoms with Crippen LogP contribution >= 0.6 is 0 Å². The molecule has 0 radical (unpaired) electrons. The summed E-state index contributed by atoms with van der Waals surface area (Å²) in [5, 5.41) is 2.50. The van der Waals surface area contributed by atoms with Crippen LogP contribution in [0, 0.1) is 0 Å². The second-order valence-electron chi connectivity index (χ2n) is 8.24. The number of rotatable bonds is 8. The van der Waals surface area contributed by atoms with Gasteiger partial charge in [-0.15, -0.1) is 0 Å². The molecule has 1 N–H and O–H groups in total. The molecule has 1 aliphatic heterocycles. The summed E-state index contributed by atoms with van der Waals surface area (Å²) in [4.78, 5) is 52.2. The second-order valence-corrected chi connectivity index (χ2v) is 8.24. The van der Waals surface area contributed by atoms with Gasteiger partial charge in [0.25, 0.3) is 11.8 Å². The van der Waals surface area contributed by atoms with Crippen molar-refractivity contribution in [3.8, 4) is 0 Å². The molecule has 4 amide bonds. The molecule has 1 atom stereocenters. The van der Waals surface area contributed by atoms with E-state index in [4.69, 9.17) is 4.74 Å². The molecule has 8 heteroatoms. The molecule has 32 heavy (non-hydrogen) atoms. The van der Waals surface area contributed by atoms with E-state index in [0.29, 0.717) is 13.1 Å². The minimum absolute atomic E-state index is 0.345. The highest BCUT2D eigenvalue weighted by Crippen LogP contribution is 2.17. The number of amides is 4. The van der Waals surface area contributed by atoms with Gasteiger partial charge in [0.15, 0.2) is 6.10 Å². The van der Waals surface area contributed by atoms with Crippen molar-refractivity contribution in [3.63, 3.8) is 0 Å². The third-order valence-electron chi connectivity index (χ3n) is 5.13. The number of hydrogen-bond acceptors (Lipinski definition) is 5. The molecule has 8 nitrogen and oxygen atoms in total. The number of hydrogen-bond donors (Lipinski definition) is 1. The first-order chi connectivity index (χ1) is 15.2. The molecule has 1 aliphatic rings. The standard InChI is InChI=1S/C24H27N3O5/c1-17(32-20(28)16-27-22(30)24(2,3)25-23(27)31)21(29)26(14-18-10-6-4-7-11-18)15-19-12-8-5-9-13-19/h4-13,17H,14-16H2,1-3H3,(H,25,31). The van der Waals surface area contributed by atoms with E-state index in [1.807, 2.05) is 60.7 Å². The highest BCUT2D eigenvalue weighted by molar-refractivity contribution is 6.08. The normalized spacial score (nSPS) is 15.8. The Kier molecular flexibility index (Phi) is 6.92.